The second-order valence-corrected chi connectivity index (χ2v) is 7.30. The Kier molecular flexibility index (Phi) is 7.17. The van der Waals surface area contributed by atoms with Gasteiger partial charge in [-0.05, 0) is 19.8 Å². The number of aromatic nitrogens is 2. The maximum atomic E-state index is 6.12. The fourth-order valence-corrected chi connectivity index (χ4v) is 3.62. The first-order valence-electron chi connectivity index (χ1n) is 8.18. The first kappa shape index (κ1) is 18.1. The van der Waals surface area contributed by atoms with Crippen LogP contribution in [0.4, 0.5) is 5.82 Å². The van der Waals surface area contributed by atoms with Crippen LogP contribution in [0.3, 0.4) is 0 Å². The van der Waals surface area contributed by atoms with Gasteiger partial charge in [-0.25, -0.2) is 4.98 Å². The summed E-state index contributed by atoms with van der Waals surface area (Å²) >= 11 is 2.03. The Morgan fingerprint density at radius 3 is 2.83 bits per heavy atom. The summed E-state index contributed by atoms with van der Waals surface area (Å²) in [5.41, 5.74) is 1.05. The summed E-state index contributed by atoms with van der Waals surface area (Å²) in [5.74, 6) is 3.33. The van der Waals surface area contributed by atoms with E-state index < -0.39 is 0 Å². The van der Waals surface area contributed by atoms with E-state index in [1.165, 1.54) is 11.5 Å². The summed E-state index contributed by atoms with van der Waals surface area (Å²) in [6, 6.07) is 0.472. The molecule has 0 N–H and O–H groups in total. The van der Waals surface area contributed by atoms with Gasteiger partial charge in [0.2, 0.25) is 0 Å². The topological polar surface area (TPSA) is 41.5 Å². The van der Waals surface area contributed by atoms with Crippen molar-refractivity contribution in [2.45, 2.75) is 25.9 Å². The molecule has 0 bridgehead atoms. The molecule has 0 radical (unpaired) electrons. The van der Waals surface area contributed by atoms with E-state index >= 15 is 0 Å². The normalized spacial score (nSPS) is 16.8. The third-order valence-corrected chi connectivity index (χ3v) is 4.82. The van der Waals surface area contributed by atoms with Gasteiger partial charge in [-0.1, -0.05) is 6.08 Å². The molecule has 1 atom stereocenters. The van der Waals surface area contributed by atoms with Gasteiger partial charge >= 0.3 is 6.01 Å². The van der Waals surface area contributed by atoms with Gasteiger partial charge in [0.05, 0.1) is 0 Å². The molecule has 0 amide bonds. The summed E-state index contributed by atoms with van der Waals surface area (Å²) in [6.45, 7) is 9.04. The van der Waals surface area contributed by atoms with E-state index in [0.29, 0.717) is 6.01 Å². The molecular formula is C17H28N4OS. The number of aryl methyl sites for hydroxylation is 1. The average molecular weight is 337 g/mol. The van der Waals surface area contributed by atoms with E-state index in [1.807, 2.05) is 50.0 Å². The van der Waals surface area contributed by atoms with Crippen LogP contribution in [0.5, 0.6) is 6.01 Å². The van der Waals surface area contributed by atoms with Gasteiger partial charge in [0.15, 0.2) is 0 Å². The van der Waals surface area contributed by atoms with Crippen LogP contribution >= 0.6 is 11.8 Å². The van der Waals surface area contributed by atoms with Crippen LogP contribution in [0.2, 0.25) is 0 Å². The molecule has 2 heterocycles. The van der Waals surface area contributed by atoms with Crippen molar-refractivity contribution in [3.8, 4) is 6.01 Å². The summed E-state index contributed by atoms with van der Waals surface area (Å²) in [7, 11) is 3.97. The second kappa shape index (κ2) is 9.13. The number of nitrogens with zero attached hydrogens (tertiary/aromatic N) is 4. The Morgan fingerprint density at radius 1 is 1.43 bits per heavy atom. The zero-order valence-electron chi connectivity index (χ0n) is 14.5. The molecule has 1 fully saturated rings. The number of hydrogen-bond acceptors (Lipinski definition) is 6. The Bertz CT molecular complexity index is 503. The molecule has 2 rings (SSSR count). The highest BCUT2D eigenvalue weighted by Gasteiger charge is 2.19. The number of anilines is 1. The van der Waals surface area contributed by atoms with E-state index in [2.05, 4.69) is 21.4 Å². The minimum absolute atomic E-state index is 0.105. The van der Waals surface area contributed by atoms with Gasteiger partial charge in [0.25, 0.3) is 0 Å². The van der Waals surface area contributed by atoms with Crippen molar-refractivity contribution in [1.29, 1.82) is 0 Å². The highest BCUT2D eigenvalue weighted by Crippen LogP contribution is 2.19. The number of allylic oxidation sites excluding steroid dienone is 1. The van der Waals surface area contributed by atoms with Crippen molar-refractivity contribution in [3.05, 3.63) is 24.4 Å². The fourth-order valence-electron chi connectivity index (χ4n) is 2.64. The fraction of sp³-hybridized carbons (Fsp3) is 0.647. The Balaban J connectivity index is 2.03. The van der Waals surface area contributed by atoms with Crippen molar-refractivity contribution in [2.24, 2.45) is 0 Å². The van der Waals surface area contributed by atoms with Gasteiger partial charge < -0.3 is 9.64 Å². The largest absolute Gasteiger partial charge is 0.459 e. The van der Waals surface area contributed by atoms with Crippen LogP contribution in [0.25, 0.3) is 0 Å². The van der Waals surface area contributed by atoms with E-state index in [1.54, 1.807) is 0 Å². The Hall–Kier alpha value is -1.27. The SMILES string of the molecule is C=CCC[C@@H](CN1CCSCC1)Oc1ncc(C)c(N(C)C)n1. The van der Waals surface area contributed by atoms with Crippen LogP contribution in [0.15, 0.2) is 18.9 Å². The molecule has 0 aliphatic carbocycles. The first-order chi connectivity index (χ1) is 11.1. The maximum absolute atomic E-state index is 6.12. The Morgan fingerprint density at radius 2 is 2.17 bits per heavy atom. The summed E-state index contributed by atoms with van der Waals surface area (Å²) in [5, 5.41) is 0. The van der Waals surface area contributed by atoms with Crippen molar-refractivity contribution in [3.63, 3.8) is 0 Å². The minimum Gasteiger partial charge on any atom is -0.459 e. The number of rotatable bonds is 8. The van der Waals surface area contributed by atoms with Crippen molar-refractivity contribution in [2.75, 3.05) is 50.1 Å². The van der Waals surface area contributed by atoms with Crippen LogP contribution in [-0.2, 0) is 0 Å². The first-order valence-corrected chi connectivity index (χ1v) is 9.34. The van der Waals surface area contributed by atoms with Crippen LogP contribution in [-0.4, -0.2) is 66.2 Å². The van der Waals surface area contributed by atoms with Gasteiger partial charge in [0.1, 0.15) is 11.9 Å². The predicted molar refractivity (Wildman–Crippen MR) is 98.7 cm³/mol. The predicted octanol–water partition coefficient (Wildman–Crippen LogP) is 2.61. The molecule has 23 heavy (non-hydrogen) atoms. The van der Waals surface area contributed by atoms with Gasteiger partial charge in [-0.3, -0.25) is 4.90 Å². The molecule has 1 saturated heterocycles. The molecule has 0 saturated carbocycles. The lowest BCUT2D eigenvalue weighted by Gasteiger charge is -2.30. The molecule has 0 aromatic carbocycles. The van der Waals surface area contributed by atoms with E-state index in [0.717, 1.165) is 43.9 Å². The van der Waals surface area contributed by atoms with Crippen molar-refractivity contribution in [1.82, 2.24) is 14.9 Å². The highest BCUT2D eigenvalue weighted by atomic mass is 32.2. The van der Waals surface area contributed by atoms with E-state index in [9.17, 15) is 0 Å². The third-order valence-electron chi connectivity index (χ3n) is 3.88. The summed E-state index contributed by atoms with van der Waals surface area (Å²) in [4.78, 5) is 13.4. The van der Waals surface area contributed by atoms with Gasteiger partial charge in [-0.15, -0.1) is 6.58 Å². The van der Waals surface area contributed by atoms with Crippen LogP contribution in [0.1, 0.15) is 18.4 Å². The van der Waals surface area contributed by atoms with Gasteiger partial charge in [0, 0.05) is 57.0 Å². The third kappa shape index (κ3) is 5.70. The summed E-state index contributed by atoms with van der Waals surface area (Å²) in [6.07, 6.45) is 5.78. The zero-order chi connectivity index (χ0) is 16.7. The summed E-state index contributed by atoms with van der Waals surface area (Å²) < 4.78 is 6.12. The Labute approximate surface area is 144 Å². The molecular weight excluding hydrogens is 308 g/mol. The smallest absolute Gasteiger partial charge is 0.318 e. The van der Waals surface area contributed by atoms with E-state index in [4.69, 9.17) is 4.74 Å². The molecule has 5 nitrogen and oxygen atoms in total. The minimum atomic E-state index is 0.105. The van der Waals surface area contributed by atoms with E-state index in [-0.39, 0.29) is 6.10 Å². The number of hydrogen-bond donors (Lipinski definition) is 0. The van der Waals surface area contributed by atoms with Crippen LogP contribution < -0.4 is 9.64 Å². The molecule has 6 heteroatoms. The number of thioether (sulfide) groups is 1. The van der Waals surface area contributed by atoms with Crippen molar-refractivity contribution < 1.29 is 4.74 Å². The molecule has 0 unspecified atom stereocenters. The molecule has 1 aromatic heterocycles. The lowest BCUT2D eigenvalue weighted by molar-refractivity contribution is 0.122. The lowest BCUT2D eigenvalue weighted by Crippen LogP contribution is -2.40. The highest BCUT2D eigenvalue weighted by molar-refractivity contribution is 7.99. The molecule has 1 aliphatic rings. The maximum Gasteiger partial charge on any atom is 0.318 e. The standard InChI is InChI=1S/C17H28N4OS/c1-5-6-7-15(13-21-8-10-23-11-9-21)22-17-18-12-14(2)16(19-17)20(3)4/h5,12,15H,1,6-11,13H2,2-4H3/t15-/m0/s1. The average Bonchev–Trinajstić information content (AvgIpc) is 2.55. The second-order valence-electron chi connectivity index (χ2n) is 6.07. The molecule has 0 spiro atoms. The molecule has 1 aromatic rings. The van der Waals surface area contributed by atoms with Crippen molar-refractivity contribution >= 4 is 17.6 Å². The lowest BCUT2D eigenvalue weighted by atomic mass is 10.2. The quantitative estimate of drug-likeness (QED) is 0.680. The number of ether oxygens (including phenoxy) is 1. The molecule has 1 aliphatic heterocycles. The van der Waals surface area contributed by atoms with Crippen LogP contribution in [0, 0.1) is 6.92 Å². The monoisotopic (exact) mass is 336 g/mol. The zero-order valence-corrected chi connectivity index (χ0v) is 15.3. The van der Waals surface area contributed by atoms with Gasteiger partial charge in [-0.2, -0.15) is 16.7 Å². The molecule has 128 valence electrons.